The van der Waals surface area contributed by atoms with E-state index in [1.165, 1.54) is 5.56 Å². The summed E-state index contributed by atoms with van der Waals surface area (Å²) in [6.07, 6.45) is 7.72. The molecule has 0 saturated heterocycles. The molecule has 3 rings (SSSR count). The topological polar surface area (TPSA) is 80.3 Å². The number of benzene rings is 1. The normalized spacial score (nSPS) is 11.3. The van der Waals surface area contributed by atoms with Gasteiger partial charge in [-0.2, -0.15) is 0 Å². The average Bonchev–Trinajstić information content (AvgIpc) is 3.40. The SMILES string of the molecule is CCc1noc(CC)c1CNC(=NC)NCc1nccn1CCCc1ccccc1.I. The number of aliphatic imine (C=N–C) groups is 1. The quantitative estimate of drug-likeness (QED) is 0.232. The van der Waals surface area contributed by atoms with E-state index >= 15 is 0 Å². The highest BCUT2D eigenvalue weighted by Crippen LogP contribution is 2.15. The van der Waals surface area contributed by atoms with Gasteiger partial charge in [0.05, 0.1) is 12.2 Å². The van der Waals surface area contributed by atoms with Gasteiger partial charge in [-0.3, -0.25) is 4.99 Å². The van der Waals surface area contributed by atoms with Gasteiger partial charge in [-0.25, -0.2) is 4.98 Å². The van der Waals surface area contributed by atoms with Crippen LogP contribution in [-0.2, 0) is 38.9 Å². The van der Waals surface area contributed by atoms with Crippen molar-refractivity contribution in [1.29, 1.82) is 0 Å². The summed E-state index contributed by atoms with van der Waals surface area (Å²) < 4.78 is 7.64. The third-order valence-corrected chi connectivity index (χ3v) is 5.19. The fourth-order valence-electron chi connectivity index (χ4n) is 3.50. The Hall–Kier alpha value is -2.36. The molecule has 0 atom stereocenters. The van der Waals surface area contributed by atoms with Crippen LogP contribution >= 0.6 is 24.0 Å². The van der Waals surface area contributed by atoms with Crippen molar-refractivity contribution in [2.45, 2.75) is 59.2 Å². The molecule has 0 saturated carbocycles. The number of aryl methyl sites for hydroxylation is 4. The minimum atomic E-state index is 0. The van der Waals surface area contributed by atoms with Gasteiger partial charge in [0.2, 0.25) is 0 Å². The zero-order chi connectivity index (χ0) is 21.2. The summed E-state index contributed by atoms with van der Waals surface area (Å²) in [4.78, 5) is 8.84. The van der Waals surface area contributed by atoms with E-state index in [0.717, 1.165) is 61.0 Å². The van der Waals surface area contributed by atoms with Crippen molar-refractivity contribution in [2.24, 2.45) is 4.99 Å². The largest absolute Gasteiger partial charge is 0.361 e. The number of rotatable bonds is 10. The number of guanidine groups is 1. The Balaban J connectivity index is 0.00000341. The summed E-state index contributed by atoms with van der Waals surface area (Å²) in [5.74, 6) is 2.67. The average molecular weight is 536 g/mol. The van der Waals surface area contributed by atoms with Crippen molar-refractivity contribution in [1.82, 2.24) is 25.3 Å². The Morgan fingerprint density at radius 3 is 2.58 bits per heavy atom. The van der Waals surface area contributed by atoms with Crippen LogP contribution in [0.5, 0.6) is 0 Å². The minimum Gasteiger partial charge on any atom is -0.361 e. The van der Waals surface area contributed by atoms with Crippen LogP contribution in [0.15, 0.2) is 52.2 Å². The van der Waals surface area contributed by atoms with Gasteiger partial charge in [0.25, 0.3) is 0 Å². The van der Waals surface area contributed by atoms with Crippen LogP contribution in [0.25, 0.3) is 0 Å². The zero-order valence-electron chi connectivity index (χ0n) is 18.6. The van der Waals surface area contributed by atoms with E-state index < -0.39 is 0 Å². The van der Waals surface area contributed by atoms with Crippen LogP contribution in [0.4, 0.5) is 0 Å². The first kappa shape index (κ1) is 24.9. The highest BCUT2D eigenvalue weighted by Gasteiger charge is 2.14. The second-order valence-corrected chi connectivity index (χ2v) is 7.14. The highest BCUT2D eigenvalue weighted by atomic mass is 127. The molecular weight excluding hydrogens is 503 g/mol. The van der Waals surface area contributed by atoms with E-state index in [-0.39, 0.29) is 24.0 Å². The number of hydrogen-bond acceptors (Lipinski definition) is 4. The summed E-state index contributed by atoms with van der Waals surface area (Å²) in [6.45, 7) is 6.36. The Morgan fingerprint density at radius 2 is 1.87 bits per heavy atom. The Bertz CT molecular complexity index is 913. The lowest BCUT2D eigenvalue weighted by molar-refractivity contribution is 0.380. The lowest BCUT2D eigenvalue weighted by atomic mass is 10.1. The molecule has 31 heavy (non-hydrogen) atoms. The maximum Gasteiger partial charge on any atom is 0.191 e. The van der Waals surface area contributed by atoms with Crippen LogP contribution in [0, 0.1) is 0 Å². The molecule has 3 aromatic rings. The standard InChI is InChI=1S/C23H32N6O.HI/c1-4-20-19(21(5-2)30-28-20)16-26-23(24-3)27-17-22-25-13-15-29(22)14-9-12-18-10-7-6-8-11-18;/h6-8,10-11,13,15H,4-5,9,12,14,16-17H2,1-3H3,(H2,24,26,27);1H. The fraction of sp³-hybridized carbons (Fsp3) is 0.435. The van der Waals surface area contributed by atoms with E-state index in [9.17, 15) is 0 Å². The molecule has 2 heterocycles. The molecule has 8 heteroatoms. The molecular formula is C23H33IN6O. The third-order valence-electron chi connectivity index (χ3n) is 5.19. The lowest BCUT2D eigenvalue weighted by Crippen LogP contribution is -2.37. The van der Waals surface area contributed by atoms with Gasteiger partial charge >= 0.3 is 0 Å². The van der Waals surface area contributed by atoms with Crippen LogP contribution < -0.4 is 10.6 Å². The molecule has 7 nitrogen and oxygen atoms in total. The second kappa shape index (κ2) is 13.1. The first-order valence-electron chi connectivity index (χ1n) is 10.7. The van der Waals surface area contributed by atoms with E-state index in [2.05, 4.69) is 74.5 Å². The van der Waals surface area contributed by atoms with E-state index in [1.807, 2.05) is 12.4 Å². The molecule has 0 aliphatic rings. The van der Waals surface area contributed by atoms with Gasteiger partial charge in [0, 0.05) is 44.5 Å². The van der Waals surface area contributed by atoms with Gasteiger partial charge < -0.3 is 19.7 Å². The first-order valence-corrected chi connectivity index (χ1v) is 10.7. The van der Waals surface area contributed by atoms with Crippen LogP contribution in [0.1, 0.15) is 48.7 Å². The molecule has 0 spiro atoms. The second-order valence-electron chi connectivity index (χ2n) is 7.14. The summed E-state index contributed by atoms with van der Waals surface area (Å²) in [6, 6.07) is 10.6. The van der Waals surface area contributed by atoms with Gasteiger partial charge in [0.15, 0.2) is 5.96 Å². The molecule has 168 valence electrons. The molecule has 0 aliphatic carbocycles. The molecule has 0 fully saturated rings. The van der Waals surface area contributed by atoms with Gasteiger partial charge in [-0.1, -0.05) is 49.3 Å². The Morgan fingerprint density at radius 1 is 1.10 bits per heavy atom. The molecule has 2 aromatic heterocycles. The summed E-state index contributed by atoms with van der Waals surface area (Å²) in [5, 5.41) is 10.9. The van der Waals surface area contributed by atoms with Crippen molar-refractivity contribution >= 4 is 29.9 Å². The minimum absolute atomic E-state index is 0. The van der Waals surface area contributed by atoms with Crippen molar-refractivity contribution in [3.63, 3.8) is 0 Å². The predicted molar refractivity (Wildman–Crippen MR) is 135 cm³/mol. The van der Waals surface area contributed by atoms with Crippen molar-refractivity contribution in [3.05, 3.63) is 71.1 Å². The molecule has 0 bridgehead atoms. The third kappa shape index (κ3) is 7.09. The summed E-state index contributed by atoms with van der Waals surface area (Å²) in [7, 11) is 1.77. The maximum absolute atomic E-state index is 5.44. The summed E-state index contributed by atoms with van der Waals surface area (Å²) in [5.41, 5.74) is 3.50. The van der Waals surface area contributed by atoms with E-state index in [1.54, 1.807) is 7.05 Å². The maximum atomic E-state index is 5.44. The monoisotopic (exact) mass is 536 g/mol. The van der Waals surface area contributed by atoms with Crippen LogP contribution in [0.2, 0.25) is 0 Å². The number of imidazole rings is 1. The number of aromatic nitrogens is 3. The first-order chi connectivity index (χ1) is 14.7. The van der Waals surface area contributed by atoms with E-state index in [0.29, 0.717) is 13.1 Å². The van der Waals surface area contributed by atoms with Gasteiger partial charge in [-0.15, -0.1) is 24.0 Å². The van der Waals surface area contributed by atoms with Crippen molar-refractivity contribution in [2.75, 3.05) is 7.05 Å². The fourth-order valence-corrected chi connectivity index (χ4v) is 3.50. The van der Waals surface area contributed by atoms with Crippen LogP contribution in [0.3, 0.4) is 0 Å². The highest BCUT2D eigenvalue weighted by molar-refractivity contribution is 14.0. The molecule has 0 unspecified atom stereocenters. The smallest absolute Gasteiger partial charge is 0.191 e. The van der Waals surface area contributed by atoms with E-state index in [4.69, 9.17) is 4.52 Å². The Kier molecular flexibility index (Phi) is 10.6. The molecule has 0 amide bonds. The number of halogens is 1. The van der Waals surface area contributed by atoms with Crippen molar-refractivity contribution in [3.8, 4) is 0 Å². The molecule has 0 aliphatic heterocycles. The van der Waals surface area contributed by atoms with Crippen LogP contribution in [-0.4, -0.2) is 27.7 Å². The summed E-state index contributed by atoms with van der Waals surface area (Å²) >= 11 is 0. The number of hydrogen-bond donors (Lipinski definition) is 2. The zero-order valence-corrected chi connectivity index (χ0v) is 20.9. The molecule has 2 N–H and O–H groups in total. The van der Waals surface area contributed by atoms with Gasteiger partial charge in [-0.05, 0) is 24.8 Å². The molecule has 1 aromatic carbocycles. The predicted octanol–water partition coefficient (Wildman–Crippen LogP) is 4.11. The molecule has 0 radical (unpaired) electrons. The van der Waals surface area contributed by atoms with Gasteiger partial charge in [0.1, 0.15) is 11.6 Å². The number of nitrogens with zero attached hydrogens (tertiary/aromatic N) is 4. The number of nitrogens with one attached hydrogen (secondary N) is 2. The lowest BCUT2D eigenvalue weighted by Gasteiger charge is -2.13. The Labute approximate surface area is 201 Å². The van der Waals surface area contributed by atoms with Crippen molar-refractivity contribution < 1.29 is 4.52 Å².